The summed E-state index contributed by atoms with van der Waals surface area (Å²) in [6, 6.07) is 4.19. The highest BCUT2D eigenvalue weighted by Gasteiger charge is 2.21. The maximum Gasteiger partial charge on any atom is 0.0642 e. The Hall–Kier alpha value is -0.690. The van der Waals surface area contributed by atoms with Gasteiger partial charge in [-0.15, -0.1) is 0 Å². The van der Waals surface area contributed by atoms with Gasteiger partial charge in [0, 0.05) is 6.54 Å². The Morgan fingerprint density at radius 3 is 2.64 bits per heavy atom. The Bertz CT molecular complexity index is 319. The van der Waals surface area contributed by atoms with Crippen LogP contribution in [-0.2, 0) is 0 Å². The number of benzene rings is 1. The summed E-state index contributed by atoms with van der Waals surface area (Å²) < 4.78 is 0. The number of halogens is 1. The van der Waals surface area contributed by atoms with Crippen molar-refractivity contribution in [1.29, 1.82) is 0 Å². The van der Waals surface area contributed by atoms with Crippen LogP contribution in [0.15, 0.2) is 12.1 Å². The molecular formula is C12H16ClN. The van der Waals surface area contributed by atoms with Crippen molar-refractivity contribution in [3.8, 4) is 0 Å². The van der Waals surface area contributed by atoms with Crippen molar-refractivity contribution in [3.05, 3.63) is 28.3 Å². The average Bonchev–Trinajstić information content (AvgIpc) is 2.85. The molecule has 1 fully saturated rings. The molecule has 0 amide bonds. The lowest BCUT2D eigenvalue weighted by Gasteiger charge is -2.11. The SMILES string of the molecule is Cc1cc(C)c(NCC2CC2)c(Cl)c1. The first-order valence-electron chi connectivity index (χ1n) is 5.17. The summed E-state index contributed by atoms with van der Waals surface area (Å²) >= 11 is 6.18. The van der Waals surface area contributed by atoms with E-state index in [1.54, 1.807) is 0 Å². The van der Waals surface area contributed by atoms with Crippen LogP contribution in [0.4, 0.5) is 5.69 Å². The second-order valence-corrected chi connectivity index (χ2v) is 4.67. The molecule has 1 N–H and O–H groups in total. The first kappa shape index (κ1) is 9.85. The second kappa shape index (κ2) is 3.82. The molecule has 0 spiro atoms. The van der Waals surface area contributed by atoms with Gasteiger partial charge in [0.25, 0.3) is 0 Å². The molecule has 1 aliphatic rings. The van der Waals surface area contributed by atoms with Gasteiger partial charge in [0.2, 0.25) is 0 Å². The molecule has 0 atom stereocenters. The summed E-state index contributed by atoms with van der Waals surface area (Å²) in [6.45, 7) is 5.25. The molecule has 1 nitrogen and oxygen atoms in total. The maximum atomic E-state index is 6.18. The van der Waals surface area contributed by atoms with Gasteiger partial charge in [-0.3, -0.25) is 0 Å². The van der Waals surface area contributed by atoms with Crippen molar-refractivity contribution in [2.24, 2.45) is 5.92 Å². The molecule has 0 aromatic heterocycles. The highest BCUT2D eigenvalue weighted by molar-refractivity contribution is 6.33. The smallest absolute Gasteiger partial charge is 0.0642 e. The topological polar surface area (TPSA) is 12.0 Å². The second-order valence-electron chi connectivity index (χ2n) is 4.26. The van der Waals surface area contributed by atoms with Gasteiger partial charge < -0.3 is 5.32 Å². The van der Waals surface area contributed by atoms with Crippen LogP contribution in [0.1, 0.15) is 24.0 Å². The van der Waals surface area contributed by atoms with Gasteiger partial charge in [-0.05, 0) is 49.8 Å². The Morgan fingerprint density at radius 1 is 1.36 bits per heavy atom. The normalized spacial score (nSPS) is 15.6. The number of hydrogen-bond donors (Lipinski definition) is 1. The Kier molecular flexibility index (Phi) is 2.69. The van der Waals surface area contributed by atoms with Crippen molar-refractivity contribution < 1.29 is 0 Å². The zero-order chi connectivity index (χ0) is 10.1. The predicted octanol–water partition coefficient (Wildman–Crippen LogP) is 3.78. The molecule has 76 valence electrons. The van der Waals surface area contributed by atoms with E-state index in [1.165, 1.54) is 24.0 Å². The van der Waals surface area contributed by atoms with Gasteiger partial charge in [0.1, 0.15) is 0 Å². The number of nitrogens with one attached hydrogen (secondary N) is 1. The van der Waals surface area contributed by atoms with Gasteiger partial charge >= 0.3 is 0 Å². The molecule has 0 saturated heterocycles. The van der Waals surface area contributed by atoms with Crippen LogP contribution in [0.25, 0.3) is 0 Å². The first-order chi connectivity index (χ1) is 6.66. The molecule has 1 aromatic rings. The summed E-state index contributed by atoms with van der Waals surface area (Å²) in [5.41, 5.74) is 3.59. The Morgan fingerprint density at radius 2 is 2.07 bits per heavy atom. The summed E-state index contributed by atoms with van der Waals surface area (Å²) in [7, 11) is 0. The molecule has 1 aromatic carbocycles. The van der Waals surface area contributed by atoms with E-state index < -0.39 is 0 Å². The number of rotatable bonds is 3. The standard InChI is InChI=1S/C12H16ClN/c1-8-5-9(2)12(11(13)6-8)14-7-10-3-4-10/h5-6,10,14H,3-4,7H2,1-2H3. The molecule has 1 saturated carbocycles. The van der Waals surface area contributed by atoms with Crippen molar-refractivity contribution in [2.75, 3.05) is 11.9 Å². The average molecular weight is 210 g/mol. The Labute approximate surface area is 90.5 Å². The van der Waals surface area contributed by atoms with Crippen molar-refractivity contribution >= 4 is 17.3 Å². The molecule has 0 bridgehead atoms. The van der Waals surface area contributed by atoms with E-state index in [0.29, 0.717) is 0 Å². The van der Waals surface area contributed by atoms with Crippen LogP contribution in [0, 0.1) is 19.8 Å². The molecule has 14 heavy (non-hydrogen) atoms. The van der Waals surface area contributed by atoms with Crippen LogP contribution < -0.4 is 5.32 Å². The summed E-state index contributed by atoms with van der Waals surface area (Å²) in [5, 5.41) is 4.29. The minimum Gasteiger partial charge on any atom is -0.383 e. The van der Waals surface area contributed by atoms with Crippen molar-refractivity contribution in [3.63, 3.8) is 0 Å². The van der Waals surface area contributed by atoms with E-state index in [4.69, 9.17) is 11.6 Å². The minimum atomic E-state index is 0.850. The molecule has 0 aliphatic heterocycles. The summed E-state index contributed by atoms with van der Waals surface area (Å²) in [5.74, 6) is 0.881. The third kappa shape index (κ3) is 2.21. The van der Waals surface area contributed by atoms with E-state index in [9.17, 15) is 0 Å². The van der Waals surface area contributed by atoms with Gasteiger partial charge in [-0.1, -0.05) is 17.7 Å². The highest BCUT2D eigenvalue weighted by Crippen LogP contribution is 2.32. The highest BCUT2D eigenvalue weighted by atomic mass is 35.5. The van der Waals surface area contributed by atoms with Crippen LogP contribution in [-0.4, -0.2) is 6.54 Å². The zero-order valence-electron chi connectivity index (χ0n) is 8.73. The number of aryl methyl sites for hydroxylation is 2. The monoisotopic (exact) mass is 209 g/mol. The van der Waals surface area contributed by atoms with E-state index >= 15 is 0 Å². The van der Waals surface area contributed by atoms with Crippen LogP contribution >= 0.6 is 11.6 Å². The molecule has 0 radical (unpaired) electrons. The number of hydrogen-bond acceptors (Lipinski definition) is 1. The van der Waals surface area contributed by atoms with Crippen LogP contribution in [0.3, 0.4) is 0 Å². The number of anilines is 1. The molecule has 2 rings (SSSR count). The van der Waals surface area contributed by atoms with Gasteiger partial charge in [-0.2, -0.15) is 0 Å². The molecule has 2 heteroatoms. The third-order valence-corrected chi connectivity index (χ3v) is 2.99. The van der Waals surface area contributed by atoms with E-state index in [-0.39, 0.29) is 0 Å². The van der Waals surface area contributed by atoms with Crippen molar-refractivity contribution in [1.82, 2.24) is 0 Å². The van der Waals surface area contributed by atoms with Gasteiger partial charge in [-0.25, -0.2) is 0 Å². The van der Waals surface area contributed by atoms with Crippen molar-refractivity contribution in [2.45, 2.75) is 26.7 Å². The molecule has 0 heterocycles. The zero-order valence-corrected chi connectivity index (χ0v) is 9.49. The molecule has 0 unspecified atom stereocenters. The quantitative estimate of drug-likeness (QED) is 0.799. The summed E-state index contributed by atoms with van der Waals surface area (Å²) in [6.07, 6.45) is 2.74. The fraction of sp³-hybridized carbons (Fsp3) is 0.500. The molecule has 1 aliphatic carbocycles. The van der Waals surface area contributed by atoms with E-state index in [0.717, 1.165) is 23.2 Å². The largest absolute Gasteiger partial charge is 0.383 e. The third-order valence-electron chi connectivity index (χ3n) is 2.70. The first-order valence-corrected chi connectivity index (χ1v) is 5.55. The molecular weight excluding hydrogens is 194 g/mol. The van der Waals surface area contributed by atoms with Gasteiger partial charge in [0.15, 0.2) is 0 Å². The minimum absolute atomic E-state index is 0.850. The van der Waals surface area contributed by atoms with E-state index in [2.05, 4.69) is 25.2 Å². The lowest BCUT2D eigenvalue weighted by Crippen LogP contribution is -2.05. The summed E-state index contributed by atoms with van der Waals surface area (Å²) in [4.78, 5) is 0. The lowest BCUT2D eigenvalue weighted by molar-refractivity contribution is 0.888. The lowest BCUT2D eigenvalue weighted by atomic mass is 10.1. The Balaban J connectivity index is 2.13. The predicted molar refractivity (Wildman–Crippen MR) is 62.1 cm³/mol. The van der Waals surface area contributed by atoms with E-state index in [1.807, 2.05) is 6.07 Å². The fourth-order valence-electron chi connectivity index (χ4n) is 1.71. The maximum absolute atomic E-state index is 6.18. The van der Waals surface area contributed by atoms with Crippen LogP contribution in [0.5, 0.6) is 0 Å². The fourth-order valence-corrected chi connectivity index (χ4v) is 2.10. The van der Waals surface area contributed by atoms with Crippen LogP contribution in [0.2, 0.25) is 5.02 Å². The van der Waals surface area contributed by atoms with Gasteiger partial charge in [0.05, 0.1) is 10.7 Å².